The number of aromatic nitrogens is 2. The Bertz CT molecular complexity index is 773. The van der Waals surface area contributed by atoms with Crippen molar-refractivity contribution in [2.75, 3.05) is 19.1 Å². The number of methoxy groups -OCH3 is 1. The molecule has 4 nitrogen and oxygen atoms in total. The first-order valence-corrected chi connectivity index (χ1v) is 6.98. The molecular formula is C17H16FN3O. The van der Waals surface area contributed by atoms with Crippen LogP contribution in [0.5, 0.6) is 5.75 Å². The zero-order valence-corrected chi connectivity index (χ0v) is 12.2. The number of nitrogens with zero attached hydrogens (tertiary/aromatic N) is 2. The Balaban J connectivity index is 1.98. The van der Waals surface area contributed by atoms with Gasteiger partial charge < -0.3 is 10.1 Å². The third-order valence-corrected chi connectivity index (χ3v) is 3.51. The van der Waals surface area contributed by atoms with Gasteiger partial charge >= 0.3 is 0 Å². The smallest absolute Gasteiger partial charge is 0.161 e. The van der Waals surface area contributed by atoms with E-state index in [1.807, 2.05) is 42.5 Å². The fraction of sp³-hybridized carbons (Fsp3) is 0.176. The Morgan fingerprint density at radius 3 is 2.73 bits per heavy atom. The van der Waals surface area contributed by atoms with Crippen LogP contribution in [0.4, 0.5) is 10.1 Å². The van der Waals surface area contributed by atoms with Crippen LogP contribution >= 0.6 is 0 Å². The van der Waals surface area contributed by atoms with E-state index in [1.165, 1.54) is 0 Å². The molecule has 112 valence electrons. The molecular weight excluding hydrogens is 281 g/mol. The number of nitrogens with one attached hydrogen (secondary N) is 1. The summed E-state index contributed by atoms with van der Waals surface area (Å²) in [5.41, 5.74) is 2.21. The second kappa shape index (κ2) is 6.39. The molecule has 0 amide bonds. The van der Waals surface area contributed by atoms with Gasteiger partial charge in [-0.15, -0.1) is 0 Å². The summed E-state index contributed by atoms with van der Waals surface area (Å²) >= 11 is 0. The number of hydrogen-bond donors (Lipinski definition) is 1. The van der Waals surface area contributed by atoms with Gasteiger partial charge in [0, 0.05) is 29.0 Å². The molecule has 2 aromatic heterocycles. The Kier molecular flexibility index (Phi) is 4.14. The number of halogens is 1. The minimum absolute atomic E-state index is 0.498. The molecule has 2 heterocycles. The summed E-state index contributed by atoms with van der Waals surface area (Å²) in [7, 11) is 1.58. The van der Waals surface area contributed by atoms with Gasteiger partial charge in [0.05, 0.1) is 13.2 Å². The Morgan fingerprint density at radius 1 is 1.09 bits per heavy atom. The van der Waals surface area contributed by atoms with Crippen molar-refractivity contribution in [3.8, 4) is 5.75 Å². The highest BCUT2D eigenvalue weighted by Crippen LogP contribution is 2.30. The molecule has 0 bridgehead atoms. The maximum atomic E-state index is 13.6. The quantitative estimate of drug-likeness (QED) is 0.779. The van der Waals surface area contributed by atoms with Crippen molar-refractivity contribution in [2.24, 2.45) is 0 Å². The Labute approximate surface area is 128 Å². The van der Waals surface area contributed by atoms with E-state index in [9.17, 15) is 4.39 Å². The van der Waals surface area contributed by atoms with Crippen molar-refractivity contribution < 1.29 is 9.13 Å². The van der Waals surface area contributed by atoms with Gasteiger partial charge in [0.1, 0.15) is 12.4 Å². The van der Waals surface area contributed by atoms with Crippen LogP contribution in [-0.2, 0) is 0 Å². The van der Waals surface area contributed by atoms with Crippen molar-refractivity contribution in [1.29, 1.82) is 0 Å². The van der Waals surface area contributed by atoms with Crippen LogP contribution < -0.4 is 10.1 Å². The van der Waals surface area contributed by atoms with Gasteiger partial charge in [-0.1, -0.05) is 18.2 Å². The Hall–Kier alpha value is -2.69. The number of hydrogen-bond acceptors (Lipinski definition) is 4. The average molecular weight is 297 g/mol. The number of anilines is 1. The van der Waals surface area contributed by atoms with E-state index >= 15 is 0 Å². The summed E-state index contributed by atoms with van der Waals surface area (Å²) in [6.07, 6.45) is 3.35. The van der Waals surface area contributed by atoms with E-state index in [2.05, 4.69) is 15.3 Å². The molecule has 0 radical (unpaired) electrons. The van der Waals surface area contributed by atoms with Crippen molar-refractivity contribution >= 4 is 16.7 Å². The molecule has 5 heteroatoms. The lowest BCUT2D eigenvalue weighted by molar-refractivity contribution is 0.395. The maximum absolute atomic E-state index is 13.6. The van der Waals surface area contributed by atoms with Gasteiger partial charge in [-0.3, -0.25) is 0 Å². The van der Waals surface area contributed by atoms with Crippen LogP contribution in [0.1, 0.15) is 11.6 Å². The van der Waals surface area contributed by atoms with Crippen molar-refractivity contribution in [3.63, 3.8) is 0 Å². The molecule has 0 aliphatic carbocycles. The summed E-state index contributed by atoms with van der Waals surface area (Å²) in [5.74, 6) is 0.661. The van der Waals surface area contributed by atoms with Crippen LogP contribution in [-0.4, -0.2) is 23.8 Å². The fourth-order valence-corrected chi connectivity index (χ4v) is 2.45. The second-order valence-electron chi connectivity index (χ2n) is 4.83. The summed E-state index contributed by atoms with van der Waals surface area (Å²) in [6, 6.07) is 12.5. The van der Waals surface area contributed by atoms with Gasteiger partial charge in [-0.05, 0) is 24.3 Å². The number of benzene rings is 1. The van der Waals surface area contributed by atoms with E-state index in [1.54, 1.807) is 19.5 Å². The molecule has 1 unspecified atom stereocenters. The summed E-state index contributed by atoms with van der Waals surface area (Å²) in [6.45, 7) is -0.551. The minimum atomic E-state index is -0.551. The first-order valence-electron chi connectivity index (χ1n) is 6.98. The van der Waals surface area contributed by atoms with E-state index in [0.717, 1.165) is 16.6 Å². The van der Waals surface area contributed by atoms with E-state index in [0.29, 0.717) is 11.4 Å². The summed E-state index contributed by atoms with van der Waals surface area (Å²) < 4.78 is 18.9. The predicted octanol–water partition coefficient (Wildman–Crippen LogP) is 3.76. The largest absolute Gasteiger partial charge is 0.496 e. The topological polar surface area (TPSA) is 47.0 Å². The second-order valence-corrected chi connectivity index (χ2v) is 4.83. The number of para-hydroxylation sites is 1. The van der Waals surface area contributed by atoms with Crippen LogP contribution in [0.25, 0.3) is 11.0 Å². The number of alkyl halides is 1. The zero-order chi connectivity index (χ0) is 15.4. The van der Waals surface area contributed by atoms with Gasteiger partial charge in [0.25, 0.3) is 0 Å². The fourth-order valence-electron chi connectivity index (χ4n) is 2.45. The van der Waals surface area contributed by atoms with E-state index in [4.69, 9.17) is 4.74 Å². The normalized spacial score (nSPS) is 12.1. The first-order chi connectivity index (χ1) is 10.8. The van der Waals surface area contributed by atoms with Crippen LogP contribution in [0.15, 0.2) is 54.9 Å². The molecule has 22 heavy (non-hydrogen) atoms. The third-order valence-electron chi connectivity index (χ3n) is 3.51. The lowest BCUT2D eigenvalue weighted by Crippen LogP contribution is -2.14. The van der Waals surface area contributed by atoms with Gasteiger partial charge in [-0.25, -0.2) is 14.4 Å². The van der Waals surface area contributed by atoms with Crippen LogP contribution in [0, 0.1) is 0 Å². The van der Waals surface area contributed by atoms with Crippen LogP contribution in [0.2, 0.25) is 0 Å². The van der Waals surface area contributed by atoms with E-state index < -0.39 is 12.7 Å². The molecule has 0 saturated carbocycles. The highest BCUT2D eigenvalue weighted by atomic mass is 19.1. The highest BCUT2D eigenvalue weighted by Gasteiger charge is 2.16. The summed E-state index contributed by atoms with van der Waals surface area (Å²) in [5, 5.41) is 4.09. The monoisotopic (exact) mass is 297 g/mol. The average Bonchev–Trinajstić information content (AvgIpc) is 2.59. The van der Waals surface area contributed by atoms with Gasteiger partial charge in [-0.2, -0.15) is 0 Å². The number of rotatable bonds is 5. The highest BCUT2D eigenvalue weighted by molar-refractivity contribution is 5.88. The standard InChI is InChI=1S/C17H16FN3O/c1-22-16-7-3-2-5-12(16)15(11-18)21-14-8-10-20-17-13(14)6-4-9-19-17/h2-10,15H,11H2,1H3,(H,19,20,21). The van der Waals surface area contributed by atoms with Crippen molar-refractivity contribution in [1.82, 2.24) is 9.97 Å². The molecule has 0 aliphatic heterocycles. The molecule has 3 rings (SSSR count). The molecule has 0 saturated heterocycles. The zero-order valence-electron chi connectivity index (χ0n) is 12.2. The minimum Gasteiger partial charge on any atom is -0.496 e. The first kappa shape index (κ1) is 14.3. The SMILES string of the molecule is COc1ccccc1C(CF)Nc1ccnc2ncccc12. The number of pyridine rings is 2. The molecule has 0 aliphatic rings. The molecule has 3 aromatic rings. The van der Waals surface area contributed by atoms with Gasteiger partial charge in [0.2, 0.25) is 0 Å². The third kappa shape index (κ3) is 2.70. The maximum Gasteiger partial charge on any atom is 0.161 e. The van der Waals surface area contributed by atoms with Crippen LogP contribution in [0.3, 0.4) is 0 Å². The van der Waals surface area contributed by atoms with Crippen molar-refractivity contribution in [3.05, 3.63) is 60.4 Å². The molecule has 1 atom stereocenters. The van der Waals surface area contributed by atoms with Crippen molar-refractivity contribution in [2.45, 2.75) is 6.04 Å². The van der Waals surface area contributed by atoms with Gasteiger partial charge in [0.15, 0.2) is 5.65 Å². The van der Waals surface area contributed by atoms with E-state index in [-0.39, 0.29) is 0 Å². The lowest BCUT2D eigenvalue weighted by atomic mass is 10.1. The molecule has 0 fully saturated rings. The molecule has 0 spiro atoms. The number of ether oxygens (including phenoxy) is 1. The number of fused-ring (bicyclic) bond motifs is 1. The summed E-state index contributed by atoms with van der Waals surface area (Å²) in [4.78, 5) is 8.42. The molecule has 1 N–H and O–H groups in total. The lowest BCUT2D eigenvalue weighted by Gasteiger charge is -2.20. The molecule has 1 aromatic carbocycles. The predicted molar refractivity (Wildman–Crippen MR) is 84.9 cm³/mol. The Morgan fingerprint density at radius 2 is 1.91 bits per heavy atom.